The van der Waals surface area contributed by atoms with Crippen LogP contribution >= 0.6 is 0 Å². The summed E-state index contributed by atoms with van der Waals surface area (Å²) >= 11 is 0. The Morgan fingerprint density at radius 1 is 1.03 bits per heavy atom. The summed E-state index contributed by atoms with van der Waals surface area (Å²) in [6.45, 7) is -0.124. The molecule has 3 atom stereocenters. The summed E-state index contributed by atoms with van der Waals surface area (Å²) in [7, 11) is -4.03. The lowest BCUT2D eigenvalue weighted by atomic mass is 9.99. The quantitative estimate of drug-likeness (QED) is 0.432. The molecule has 2 heterocycles. The standard InChI is InChI=1S/C24H26N4O4S/c25-33(30,31)32-14-18-12-19(13-23(18)29)28-11-10-21-22(26-15-27-24(21)28)9-8-17-6-3-5-16-4-1-2-7-20(16)17/h1-7,10-11,15,18-19,23,29H,8-9,12-14H2,(H2,25,30,31)/t18-,19+,23-/m0/s1. The third kappa shape index (κ3) is 4.63. The summed E-state index contributed by atoms with van der Waals surface area (Å²) in [5, 5.41) is 18.8. The summed E-state index contributed by atoms with van der Waals surface area (Å²) in [5.74, 6) is -0.307. The van der Waals surface area contributed by atoms with Crippen molar-refractivity contribution in [2.45, 2.75) is 37.8 Å². The van der Waals surface area contributed by atoms with Crippen molar-refractivity contribution in [1.82, 2.24) is 14.5 Å². The highest BCUT2D eigenvalue weighted by Crippen LogP contribution is 2.37. The predicted octanol–water partition coefficient (Wildman–Crippen LogP) is 2.90. The smallest absolute Gasteiger partial charge is 0.333 e. The molecule has 0 bridgehead atoms. The van der Waals surface area contributed by atoms with Gasteiger partial charge in [-0.1, -0.05) is 42.5 Å². The maximum atomic E-state index is 11.1. The first-order chi connectivity index (χ1) is 15.9. The molecule has 0 saturated heterocycles. The van der Waals surface area contributed by atoms with E-state index in [0.717, 1.165) is 29.6 Å². The molecule has 4 aromatic rings. The molecule has 5 rings (SSSR count). The van der Waals surface area contributed by atoms with Crippen molar-refractivity contribution >= 4 is 32.1 Å². The van der Waals surface area contributed by atoms with Crippen LogP contribution in [0.15, 0.2) is 61.1 Å². The number of hydrogen-bond donors (Lipinski definition) is 2. The molecule has 172 valence electrons. The third-order valence-corrected chi connectivity index (χ3v) is 7.04. The van der Waals surface area contributed by atoms with E-state index in [9.17, 15) is 13.5 Å². The van der Waals surface area contributed by atoms with Gasteiger partial charge in [0.2, 0.25) is 0 Å². The maximum absolute atomic E-state index is 11.1. The Labute approximate surface area is 192 Å². The second-order valence-corrected chi connectivity index (χ2v) is 9.87. The normalized spacial score (nSPS) is 21.2. The average Bonchev–Trinajstić information content (AvgIpc) is 3.39. The number of rotatable bonds is 7. The van der Waals surface area contributed by atoms with Crippen molar-refractivity contribution in [1.29, 1.82) is 0 Å². The van der Waals surface area contributed by atoms with E-state index < -0.39 is 16.4 Å². The lowest BCUT2D eigenvalue weighted by Gasteiger charge is -2.14. The van der Waals surface area contributed by atoms with Gasteiger partial charge in [0, 0.05) is 23.5 Å². The summed E-state index contributed by atoms with van der Waals surface area (Å²) < 4.78 is 29.0. The summed E-state index contributed by atoms with van der Waals surface area (Å²) in [6.07, 6.45) is 5.63. The molecular weight excluding hydrogens is 440 g/mol. The van der Waals surface area contributed by atoms with Gasteiger partial charge in [-0.2, -0.15) is 8.42 Å². The van der Waals surface area contributed by atoms with Gasteiger partial charge < -0.3 is 9.67 Å². The number of aliphatic hydroxyl groups is 1. The van der Waals surface area contributed by atoms with Gasteiger partial charge in [0.15, 0.2) is 0 Å². The van der Waals surface area contributed by atoms with Gasteiger partial charge in [-0.15, -0.1) is 0 Å². The Hall–Kier alpha value is -2.85. The summed E-state index contributed by atoms with van der Waals surface area (Å²) in [5.41, 5.74) is 3.10. The van der Waals surface area contributed by atoms with Crippen molar-refractivity contribution in [3.8, 4) is 0 Å². The highest BCUT2D eigenvalue weighted by molar-refractivity contribution is 7.84. The van der Waals surface area contributed by atoms with Crippen LogP contribution in [0, 0.1) is 5.92 Å². The molecule has 0 unspecified atom stereocenters. The first kappa shape index (κ1) is 22.0. The van der Waals surface area contributed by atoms with E-state index in [4.69, 9.17) is 9.32 Å². The fraction of sp³-hybridized carbons (Fsp3) is 0.333. The largest absolute Gasteiger partial charge is 0.393 e. The molecular formula is C24H26N4O4S. The van der Waals surface area contributed by atoms with Gasteiger partial charge in [-0.3, -0.25) is 4.18 Å². The third-order valence-electron chi connectivity index (χ3n) is 6.58. The monoisotopic (exact) mass is 466 g/mol. The molecule has 0 radical (unpaired) electrons. The molecule has 1 fully saturated rings. The first-order valence-corrected chi connectivity index (χ1v) is 12.5. The molecule has 1 saturated carbocycles. The van der Waals surface area contributed by atoms with Crippen LogP contribution < -0.4 is 5.14 Å². The molecule has 1 aliphatic rings. The van der Waals surface area contributed by atoms with Gasteiger partial charge in [-0.05, 0) is 48.1 Å². The minimum absolute atomic E-state index is 0.00704. The number of aromatic nitrogens is 3. The lowest BCUT2D eigenvalue weighted by Crippen LogP contribution is -2.24. The zero-order valence-corrected chi connectivity index (χ0v) is 18.9. The minimum atomic E-state index is -4.03. The van der Waals surface area contributed by atoms with Crippen LogP contribution in [0.1, 0.15) is 30.1 Å². The van der Waals surface area contributed by atoms with Crippen molar-refractivity contribution in [3.05, 3.63) is 72.3 Å². The van der Waals surface area contributed by atoms with E-state index >= 15 is 0 Å². The average molecular weight is 467 g/mol. The Morgan fingerprint density at radius 3 is 2.70 bits per heavy atom. The Balaban J connectivity index is 1.35. The van der Waals surface area contributed by atoms with E-state index in [2.05, 4.69) is 50.9 Å². The molecule has 9 heteroatoms. The van der Waals surface area contributed by atoms with Gasteiger partial charge in [0.25, 0.3) is 0 Å². The van der Waals surface area contributed by atoms with E-state index in [1.807, 2.05) is 18.3 Å². The van der Waals surface area contributed by atoms with Crippen molar-refractivity contribution in [3.63, 3.8) is 0 Å². The SMILES string of the molecule is NS(=O)(=O)OC[C@@H]1C[C@@H](n2ccc3c(CCc4cccc5ccccc45)ncnc32)C[C@@H]1O. The maximum Gasteiger partial charge on any atom is 0.333 e. The van der Waals surface area contributed by atoms with Gasteiger partial charge in [-0.25, -0.2) is 15.1 Å². The van der Waals surface area contributed by atoms with Crippen molar-refractivity contribution in [2.75, 3.05) is 6.61 Å². The topological polar surface area (TPSA) is 120 Å². The second-order valence-electron chi connectivity index (χ2n) is 8.65. The molecule has 3 N–H and O–H groups in total. The van der Waals surface area contributed by atoms with E-state index in [1.54, 1.807) is 6.33 Å². The number of aryl methyl sites for hydroxylation is 2. The van der Waals surface area contributed by atoms with Crippen molar-refractivity contribution in [2.24, 2.45) is 11.1 Å². The number of aliphatic hydroxyl groups excluding tert-OH is 1. The van der Waals surface area contributed by atoms with Gasteiger partial charge >= 0.3 is 10.3 Å². The Kier molecular flexibility index (Phi) is 5.88. The van der Waals surface area contributed by atoms with E-state index in [-0.39, 0.29) is 18.6 Å². The fourth-order valence-electron chi connectivity index (χ4n) is 4.94. The molecule has 0 aliphatic heterocycles. The molecule has 1 aliphatic carbocycles. The number of hydrogen-bond acceptors (Lipinski definition) is 6. The fourth-order valence-corrected chi connectivity index (χ4v) is 5.31. The molecule has 0 amide bonds. The highest BCUT2D eigenvalue weighted by atomic mass is 32.2. The molecule has 2 aromatic carbocycles. The van der Waals surface area contributed by atoms with Gasteiger partial charge in [0.1, 0.15) is 12.0 Å². The molecule has 33 heavy (non-hydrogen) atoms. The highest BCUT2D eigenvalue weighted by Gasteiger charge is 2.35. The molecule has 2 aromatic heterocycles. The molecule has 0 spiro atoms. The zero-order valence-electron chi connectivity index (χ0n) is 18.0. The lowest BCUT2D eigenvalue weighted by molar-refractivity contribution is 0.100. The number of nitrogens with zero attached hydrogens (tertiary/aromatic N) is 3. The van der Waals surface area contributed by atoms with Crippen LogP contribution in [0.3, 0.4) is 0 Å². The van der Waals surface area contributed by atoms with Crippen LogP contribution in [0.25, 0.3) is 21.8 Å². The van der Waals surface area contributed by atoms with Crippen LogP contribution in [0.4, 0.5) is 0 Å². The van der Waals surface area contributed by atoms with E-state index in [0.29, 0.717) is 12.8 Å². The Bertz CT molecular complexity index is 1400. The van der Waals surface area contributed by atoms with Crippen LogP contribution in [-0.2, 0) is 27.3 Å². The van der Waals surface area contributed by atoms with Crippen molar-refractivity contribution < 1.29 is 17.7 Å². The Morgan fingerprint density at radius 2 is 1.85 bits per heavy atom. The molecule has 8 nitrogen and oxygen atoms in total. The predicted molar refractivity (Wildman–Crippen MR) is 126 cm³/mol. The minimum Gasteiger partial charge on any atom is -0.393 e. The first-order valence-electron chi connectivity index (χ1n) is 11.0. The number of nitrogens with two attached hydrogens (primary N) is 1. The number of benzene rings is 2. The van der Waals surface area contributed by atoms with Crippen LogP contribution in [0.2, 0.25) is 0 Å². The van der Waals surface area contributed by atoms with Crippen LogP contribution in [-0.4, -0.2) is 40.8 Å². The van der Waals surface area contributed by atoms with Crippen LogP contribution in [0.5, 0.6) is 0 Å². The number of fused-ring (bicyclic) bond motifs is 2. The van der Waals surface area contributed by atoms with E-state index in [1.165, 1.54) is 16.3 Å². The second kappa shape index (κ2) is 8.83. The summed E-state index contributed by atoms with van der Waals surface area (Å²) in [6, 6.07) is 16.8. The summed E-state index contributed by atoms with van der Waals surface area (Å²) in [4.78, 5) is 9.06. The zero-order chi connectivity index (χ0) is 23.0. The van der Waals surface area contributed by atoms with Gasteiger partial charge in [0.05, 0.1) is 18.4 Å².